The van der Waals surface area contributed by atoms with Crippen LogP contribution in [0, 0.1) is 0 Å². The van der Waals surface area contributed by atoms with Crippen LogP contribution in [0.25, 0.3) is 0 Å². The van der Waals surface area contributed by atoms with Gasteiger partial charge in [0.25, 0.3) is 0 Å². The zero-order chi connectivity index (χ0) is 13.1. The summed E-state index contributed by atoms with van der Waals surface area (Å²) < 4.78 is 11.5. The molecule has 2 aromatic rings. The van der Waals surface area contributed by atoms with Crippen LogP contribution in [-0.4, -0.2) is 33.1 Å². The summed E-state index contributed by atoms with van der Waals surface area (Å²) in [6.45, 7) is 0.292. The van der Waals surface area contributed by atoms with Crippen LogP contribution in [0.1, 0.15) is 16.2 Å². The van der Waals surface area contributed by atoms with Gasteiger partial charge in [0.05, 0.1) is 13.7 Å². The summed E-state index contributed by atoms with van der Waals surface area (Å²) in [5, 5.41) is 19.2. The van der Waals surface area contributed by atoms with E-state index in [4.69, 9.17) is 14.4 Å². The molecule has 0 radical (unpaired) electrons. The predicted octanol–water partition coefficient (Wildman–Crippen LogP) is 0.727. The lowest BCUT2D eigenvalue weighted by Crippen LogP contribution is -2.00. The van der Waals surface area contributed by atoms with Gasteiger partial charge in [-0.2, -0.15) is 5.10 Å². The van der Waals surface area contributed by atoms with Crippen LogP contribution in [0.15, 0.2) is 16.7 Å². The number of carbonyl (C=O) groups is 1. The monoisotopic (exact) mass is 252 g/mol. The van der Waals surface area contributed by atoms with Crippen LogP contribution in [0.5, 0.6) is 5.88 Å². The molecule has 0 aromatic carbocycles. The Morgan fingerprint density at radius 1 is 1.61 bits per heavy atom. The second-order valence-electron chi connectivity index (χ2n) is 3.53. The number of carboxylic acids is 1. The zero-order valence-electron chi connectivity index (χ0n) is 9.88. The Morgan fingerprint density at radius 3 is 2.94 bits per heavy atom. The average molecular weight is 252 g/mol. The minimum atomic E-state index is -1.12. The van der Waals surface area contributed by atoms with Crippen LogP contribution in [0.2, 0.25) is 0 Å². The number of anilines is 1. The summed E-state index contributed by atoms with van der Waals surface area (Å²) in [7, 11) is 3.30. The first-order valence-electron chi connectivity index (χ1n) is 5.11. The van der Waals surface area contributed by atoms with Gasteiger partial charge in [0, 0.05) is 19.2 Å². The fraction of sp³-hybridized carbons (Fsp3) is 0.300. The van der Waals surface area contributed by atoms with Crippen molar-refractivity contribution in [3.8, 4) is 5.88 Å². The zero-order valence-corrected chi connectivity index (χ0v) is 9.88. The molecule has 2 rings (SSSR count). The Balaban J connectivity index is 1.99. The summed E-state index contributed by atoms with van der Waals surface area (Å²) in [6, 6.07) is 3.07. The van der Waals surface area contributed by atoms with E-state index in [1.165, 1.54) is 6.07 Å². The van der Waals surface area contributed by atoms with E-state index in [1.54, 1.807) is 24.9 Å². The van der Waals surface area contributed by atoms with Crippen LogP contribution in [0.4, 0.5) is 5.82 Å². The van der Waals surface area contributed by atoms with E-state index in [1.807, 2.05) is 0 Å². The molecule has 2 heterocycles. The number of hydrogen-bond acceptors (Lipinski definition) is 6. The Hall–Kier alpha value is -2.51. The Labute approximate surface area is 102 Å². The van der Waals surface area contributed by atoms with Crippen LogP contribution in [-0.2, 0) is 13.6 Å². The summed E-state index contributed by atoms with van der Waals surface area (Å²) in [6.07, 6.45) is 0. The number of hydrogen-bond donors (Lipinski definition) is 2. The molecule has 0 aliphatic rings. The molecule has 96 valence electrons. The number of aromatic nitrogens is 3. The fourth-order valence-electron chi connectivity index (χ4n) is 1.40. The summed E-state index contributed by atoms with van der Waals surface area (Å²) in [5.41, 5.74) is -0.120. The molecule has 2 aromatic heterocycles. The number of methoxy groups -OCH3 is 1. The van der Waals surface area contributed by atoms with Crippen molar-refractivity contribution in [1.82, 2.24) is 14.9 Å². The first-order chi connectivity index (χ1) is 8.60. The molecule has 18 heavy (non-hydrogen) atoms. The van der Waals surface area contributed by atoms with Gasteiger partial charge >= 0.3 is 5.97 Å². The molecule has 0 aliphatic carbocycles. The van der Waals surface area contributed by atoms with Gasteiger partial charge in [0.15, 0.2) is 17.3 Å². The minimum Gasteiger partial charge on any atom is -0.481 e. The molecule has 8 nitrogen and oxygen atoms in total. The van der Waals surface area contributed by atoms with Crippen molar-refractivity contribution in [2.75, 3.05) is 12.4 Å². The van der Waals surface area contributed by atoms with Crippen molar-refractivity contribution < 1.29 is 19.2 Å². The van der Waals surface area contributed by atoms with E-state index >= 15 is 0 Å². The lowest BCUT2D eigenvalue weighted by molar-refractivity contribution is 0.0685. The van der Waals surface area contributed by atoms with E-state index in [-0.39, 0.29) is 5.69 Å². The Morgan fingerprint density at radius 2 is 2.39 bits per heavy atom. The van der Waals surface area contributed by atoms with Crippen molar-refractivity contribution in [3.05, 3.63) is 23.6 Å². The van der Waals surface area contributed by atoms with Gasteiger partial charge in [0.2, 0.25) is 5.88 Å². The molecule has 0 amide bonds. The quantitative estimate of drug-likeness (QED) is 0.808. The second kappa shape index (κ2) is 4.78. The highest BCUT2D eigenvalue weighted by Gasteiger charge is 2.11. The first-order valence-corrected chi connectivity index (χ1v) is 5.11. The predicted molar refractivity (Wildman–Crippen MR) is 60.5 cm³/mol. The van der Waals surface area contributed by atoms with Gasteiger partial charge in [-0.25, -0.2) is 9.48 Å². The fourth-order valence-corrected chi connectivity index (χ4v) is 1.40. The van der Waals surface area contributed by atoms with Gasteiger partial charge in [0.1, 0.15) is 0 Å². The Bertz CT molecular complexity index is 560. The maximum Gasteiger partial charge on any atom is 0.358 e. The van der Waals surface area contributed by atoms with Crippen molar-refractivity contribution in [3.63, 3.8) is 0 Å². The lowest BCUT2D eigenvalue weighted by atomic mass is 10.3. The number of aryl methyl sites for hydroxylation is 1. The number of nitrogens with zero attached hydrogens (tertiary/aromatic N) is 3. The van der Waals surface area contributed by atoms with Crippen molar-refractivity contribution in [2.45, 2.75) is 6.54 Å². The SMILES string of the molecule is COc1cc(NCc2cc(C(=O)O)no2)nn1C. The standard InChI is InChI=1S/C10H12N4O4/c1-14-9(17-2)4-8(12-14)11-5-6-3-7(10(15)16)13-18-6/h3-4H,5H2,1-2H3,(H,11,12)(H,15,16). The normalized spacial score (nSPS) is 10.3. The Kier molecular flexibility index (Phi) is 3.18. The lowest BCUT2D eigenvalue weighted by Gasteiger charge is -1.96. The van der Waals surface area contributed by atoms with Crippen LogP contribution >= 0.6 is 0 Å². The molecular weight excluding hydrogens is 240 g/mol. The highest BCUT2D eigenvalue weighted by atomic mass is 16.5. The smallest absolute Gasteiger partial charge is 0.358 e. The van der Waals surface area contributed by atoms with Crippen molar-refractivity contribution >= 4 is 11.8 Å². The van der Waals surface area contributed by atoms with Crippen molar-refractivity contribution in [2.24, 2.45) is 7.05 Å². The molecule has 0 bridgehead atoms. The summed E-state index contributed by atoms with van der Waals surface area (Å²) in [4.78, 5) is 10.6. The largest absolute Gasteiger partial charge is 0.481 e. The molecule has 0 saturated carbocycles. The van der Waals surface area contributed by atoms with Gasteiger partial charge < -0.3 is 19.7 Å². The molecule has 0 saturated heterocycles. The van der Waals surface area contributed by atoms with Gasteiger partial charge in [-0.15, -0.1) is 0 Å². The summed E-state index contributed by atoms with van der Waals surface area (Å²) >= 11 is 0. The topological polar surface area (TPSA) is 102 Å². The molecule has 0 atom stereocenters. The molecule has 0 spiro atoms. The number of ether oxygens (including phenoxy) is 1. The number of carboxylic acid groups (broad SMARTS) is 1. The van der Waals surface area contributed by atoms with Gasteiger partial charge in [-0.3, -0.25) is 0 Å². The van der Waals surface area contributed by atoms with E-state index in [0.717, 1.165) is 0 Å². The third-order valence-corrected chi connectivity index (χ3v) is 2.27. The van der Waals surface area contributed by atoms with Crippen LogP contribution in [0.3, 0.4) is 0 Å². The molecule has 0 fully saturated rings. The van der Waals surface area contributed by atoms with Gasteiger partial charge in [-0.05, 0) is 0 Å². The second-order valence-corrected chi connectivity index (χ2v) is 3.53. The first kappa shape index (κ1) is 12.0. The molecule has 0 unspecified atom stereocenters. The highest BCUT2D eigenvalue weighted by molar-refractivity contribution is 5.85. The van der Waals surface area contributed by atoms with E-state index < -0.39 is 5.97 Å². The van der Waals surface area contributed by atoms with Crippen molar-refractivity contribution in [1.29, 1.82) is 0 Å². The van der Waals surface area contributed by atoms with E-state index in [9.17, 15) is 4.79 Å². The maximum atomic E-state index is 10.6. The molecule has 0 aliphatic heterocycles. The number of nitrogens with one attached hydrogen (secondary N) is 1. The molecular formula is C10H12N4O4. The maximum absolute atomic E-state index is 10.6. The number of aromatic carboxylic acids is 1. The summed E-state index contributed by atoms with van der Waals surface area (Å²) in [5.74, 6) is 0.505. The third kappa shape index (κ3) is 2.42. The molecule has 8 heteroatoms. The minimum absolute atomic E-state index is 0.120. The van der Waals surface area contributed by atoms with E-state index in [0.29, 0.717) is 24.0 Å². The van der Waals surface area contributed by atoms with Crippen LogP contribution < -0.4 is 10.1 Å². The third-order valence-electron chi connectivity index (χ3n) is 2.27. The van der Waals surface area contributed by atoms with E-state index in [2.05, 4.69) is 15.6 Å². The number of rotatable bonds is 5. The van der Waals surface area contributed by atoms with Gasteiger partial charge in [-0.1, -0.05) is 5.16 Å². The molecule has 2 N–H and O–H groups in total. The highest BCUT2D eigenvalue weighted by Crippen LogP contribution is 2.16. The average Bonchev–Trinajstić information content (AvgIpc) is 2.92.